The van der Waals surface area contributed by atoms with Crippen LogP contribution in [0.3, 0.4) is 0 Å². The molecule has 0 radical (unpaired) electrons. The number of fused-ring (bicyclic) bond motifs is 1. The van der Waals surface area contributed by atoms with E-state index in [0.29, 0.717) is 26.1 Å². The van der Waals surface area contributed by atoms with Gasteiger partial charge in [-0.1, -0.05) is 37.3 Å². The Morgan fingerprint density at radius 2 is 1.94 bits per heavy atom. The van der Waals surface area contributed by atoms with Crippen LogP contribution in [0.25, 0.3) is 10.8 Å². The molecule has 0 bridgehead atoms. The van der Waals surface area contributed by atoms with E-state index in [9.17, 15) is 13.2 Å². The molecular weight excluding hydrogens is 412 g/mol. The molecule has 0 aliphatic carbocycles. The van der Waals surface area contributed by atoms with E-state index in [4.69, 9.17) is 4.74 Å². The molecule has 0 spiro atoms. The van der Waals surface area contributed by atoms with Crippen molar-refractivity contribution in [3.05, 3.63) is 42.0 Å². The first kappa shape index (κ1) is 23.5. The van der Waals surface area contributed by atoms with Gasteiger partial charge in [0.25, 0.3) is 0 Å². The van der Waals surface area contributed by atoms with Gasteiger partial charge >= 0.3 is 0 Å². The third-order valence-electron chi connectivity index (χ3n) is 6.16. The molecule has 2 atom stereocenters. The van der Waals surface area contributed by atoms with Crippen molar-refractivity contribution in [3.63, 3.8) is 0 Å². The molecule has 3 rings (SSSR count). The summed E-state index contributed by atoms with van der Waals surface area (Å²) in [5, 5.41) is 2.26. The summed E-state index contributed by atoms with van der Waals surface area (Å²) in [6, 6.07) is 11.7. The Morgan fingerprint density at radius 1 is 1.19 bits per heavy atom. The van der Waals surface area contributed by atoms with Crippen molar-refractivity contribution < 1.29 is 17.9 Å². The summed E-state index contributed by atoms with van der Waals surface area (Å²) in [4.78, 5) is 17.0. The fraction of sp³-hybridized carbons (Fsp3) is 0.542. The molecule has 2 aromatic carbocycles. The third kappa shape index (κ3) is 5.39. The van der Waals surface area contributed by atoms with Crippen LogP contribution in [0, 0.1) is 0 Å². The topological polar surface area (TPSA) is 66.9 Å². The molecule has 170 valence electrons. The highest BCUT2D eigenvalue weighted by Gasteiger charge is 2.36. The van der Waals surface area contributed by atoms with Gasteiger partial charge in [-0.15, -0.1) is 0 Å². The predicted octanol–water partition coefficient (Wildman–Crippen LogP) is 3.48. The van der Waals surface area contributed by atoms with Crippen molar-refractivity contribution in [1.29, 1.82) is 0 Å². The van der Waals surface area contributed by atoms with Crippen LogP contribution in [-0.2, 0) is 21.2 Å². The molecule has 0 N–H and O–H groups in total. The van der Waals surface area contributed by atoms with Crippen LogP contribution in [0.15, 0.2) is 36.4 Å². The zero-order chi connectivity index (χ0) is 22.6. The van der Waals surface area contributed by atoms with Crippen molar-refractivity contribution in [2.75, 3.05) is 31.7 Å². The molecule has 1 amide bonds. The molecule has 1 saturated heterocycles. The number of rotatable bonds is 9. The zero-order valence-corrected chi connectivity index (χ0v) is 19.8. The Labute approximate surface area is 186 Å². The van der Waals surface area contributed by atoms with Crippen LogP contribution < -0.4 is 4.74 Å². The van der Waals surface area contributed by atoms with Crippen molar-refractivity contribution in [1.82, 2.24) is 9.80 Å². The quantitative estimate of drug-likeness (QED) is 0.590. The summed E-state index contributed by atoms with van der Waals surface area (Å²) in [6.07, 6.45) is 1.45. The lowest BCUT2D eigenvalue weighted by atomic mass is 10.0. The van der Waals surface area contributed by atoms with Crippen LogP contribution in [0.1, 0.15) is 39.2 Å². The van der Waals surface area contributed by atoms with E-state index >= 15 is 0 Å². The van der Waals surface area contributed by atoms with Crippen LogP contribution in [0.2, 0.25) is 0 Å². The molecule has 7 heteroatoms. The number of amides is 1. The number of hydrogen-bond donors (Lipinski definition) is 0. The summed E-state index contributed by atoms with van der Waals surface area (Å²) < 4.78 is 29.8. The van der Waals surface area contributed by atoms with Gasteiger partial charge in [0.15, 0.2) is 9.84 Å². The molecular formula is C24H34N2O4S. The minimum atomic E-state index is -3.04. The molecule has 0 aromatic heterocycles. The second kappa shape index (κ2) is 10.0. The highest BCUT2D eigenvalue weighted by atomic mass is 32.2. The van der Waals surface area contributed by atoms with Crippen LogP contribution in [0.4, 0.5) is 0 Å². The van der Waals surface area contributed by atoms with E-state index in [1.165, 1.54) is 0 Å². The van der Waals surface area contributed by atoms with E-state index in [2.05, 4.69) is 25.1 Å². The molecule has 1 aliphatic rings. The lowest BCUT2D eigenvalue weighted by Gasteiger charge is -2.33. The smallest absolute Gasteiger partial charge is 0.239 e. The van der Waals surface area contributed by atoms with Gasteiger partial charge in [0.2, 0.25) is 5.91 Å². The molecule has 1 fully saturated rings. The van der Waals surface area contributed by atoms with E-state index in [-0.39, 0.29) is 29.5 Å². The maximum Gasteiger partial charge on any atom is 0.239 e. The Kier molecular flexibility index (Phi) is 7.59. The van der Waals surface area contributed by atoms with Gasteiger partial charge < -0.3 is 9.64 Å². The van der Waals surface area contributed by atoms with Gasteiger partial charge in [0.1, 0.15) is 5.75 Å². The van der Waals surface area contributed by atoms with Crippen LogP contribution in [0.5, 0.6) is 5.75 Å². The molecule has 0 saturated carbocycles. The summed E-state index contributed by atoms with van der Waals surface area (Å²) >= 11 is 0. The molecule has 0 unspecified atom stereocenters. The average molecular weight is 447 g/mol. The minimum absolute atomic E-state index is 0.0247. The van der Waals surface area contributed by atoms with Crippen LogP contribution >= 0.6 is 0 Å². The highest BCUT2D eigenvalue weighted by molar-refractivity contribution is 7.91. The van der Waals surface area contributed by atoms with E-state index in [0.717, 1.165) is 28.5 Å². The number of likely N-dealkylation sites (N-methyl/N-ethyl adjacent to an activating group) is 2. The zero-order valence-electron chi connectivity index (χ0n) is 19.0. The van der Waals surface area contributed by atoms with Crippen molar-refractivity contribution in [2.24, 2.45) is 0 Å². The normalized spacial score (nSPS) is 18.9. The number of carbonyl (C=O) groups is 1. The lowest BCUT2D eigenvalue weighted by Crippen LogP contribution is -2.50. The van der Waals surface area contributed by atoms with Crippen molar-refractivity contribution in [2.45, 2.75) is 52.2 Å². The summed E-state index contributed by atoms with van der Waals surface area (Å²) in [7, 11) is -1.10. The fourth-order valence-electron chi connectivity index (χ4n) is 4.26. The molecule has 31 heavy (non-hydrogen) atoms. The Bertz CT molecular complexity index is 1020. The van der Waals surface area contributed by atoms with Gasteiger partial charge in [-0.2, -0.15) is 0 Å². The molecule has 1 heterocycles. The molecule has 2 aromatic rings. The van der Waals surface area contributed by atoms with E-state index < -0.39 is 9.84 Å². The highest BCUT2D eigenvalue weighted by Crippen LogP contribution is 2.30. The maximum absolute atomic E-state index is 13.3. The van der Waals surface area contributed by atoms with Gasteiger partial charge in [-0.05, 0) is 50.6 Å². The second-order valence-electron chi connectivity index (χ2n) is 8.38. The fourth-order valence-corrected chi connectivity index (χ4v) is 5.99. The minimum Gasteiger partial charge on any atom is -0.493 e. The number of sulfone groups is 1. The second-order valence-corrected chi connectivity index (χ2v) is 10.6. The lowest BCUT2D eigenvalue weighted by molar-refractivity contribution is -0.137. The maximum atomic E-state index is 13.3. The standard InChI is InChI=1S/C24H34N2O4S/c1-5-14-30-23-12-11-19-9-7-8-10-21(19)22(23)16-25(4)18(3)24(27)26(6-2)20-13-15-31(28,29)17-20/h7-12,18,20H,5-6,13-17H2,1-4H3/t18-,20+/m1/s1. The predicted molar refractivity (Wildman–Crippen MR) is 125 cm³/mol. The summed E-state index contributed by atoms with van der Waals surface area (Å²) in [5.41, 5.74) is 1.07. The SMILES string of the molecule is CCCOc1ccc2ccccc2c1CN(C)[C@H](C)C(=O)N(CC)[C@H]1CCS(=O)(=O)C1. The monoisotopic (exact) mass is 446 g/mol. The Morgan fingerprint density at radius 3 is 2.58 bits per heavy atom. The first-order chi connectivity index (χ1) is 14.8. The van der Waals surface area contributed by atoms with E-state index in [1.807, 2.05) is 44.0 Å². The van der Waals surface area contributed by atoms with Crippen molar-refractivity contribution >= 4 is 26.5 Å². The molecule has 1 aliphatic heterocycles. The van der Waals surface area contributed by atoms with Crippen LogP contribution in [-0.4, -0.2) is 67.9 Å². The van der Waals surface area contributed by atoms with Gasteiger partial charge in [0, 0.05) is 24.7 Å². The first-order valence-corrected chi connectivity index (χ1v) is 12.9. The number of carbonyl (C=O) groups excluding carboxylic acids is 1. The van der Waals surface area contributed by atoms with Gasteiger partial charge in [0.05, 0.1) is 24.2 Å². The average Bonchev–Trinajstić information content (AvgIpc) is 3.12. The number of hydrogen-bond acceptors (Lipinski definition) is 5. The Balaban J connectivity index is 1.82. The number of nitrogens with zero attached hydrogens (tertiary/aromatic N) is 2. The summed E-state index contributed by atoms with van der Waals surface area (Å²) in [5.74, 6) is 1.06. The number of ether oxygens (including phenoxy) is 1. The third-order valence-corrected chi connectivity index (χ3v) is 7.91. The van der Waals surface area contributed by atoms with Crippen molar-refractivity contribution in [3.8, 4) is 5.75 Å². The molecule has 6 nitrogen and oxygen atoms in total. The van der Waals surface area contributed by atoms with Gasteiger partial charge in [-0.3, -0.25) is 9.69 Å². The summed E-state index contributed by atoms with van der Waals surface area (Å²) in [6.45, 7) is 7.60. The Hall–Kier alpha value is -2.12. The largest absolute Gasteiger partial charge is 0.493 e. The van der Waals surface area contributed by atoms with Gasteiger partial charge in [-0.25, -0.2) is 8.42 Å². The van der Waals surface area contributed by atoms with E-state index in [1.54, 1.807) is 4.90 Å². The first-order valence-electron chi connectivity index (χ1n) is 11.1. The number of benzene rings is 2.